The SMILES string of the molecule is COC(=O)C1NCCCC1(C)C.Cl. The van der Waals surface area contributed by atoms with Gasteiger partial charge < -0.3 is 10.1 Å². The Bertz CT molecular complexity index is 182. The van der Waals surface area contributed by atoms with Gasteiger partial charge in [0.1, 0.15) is 6.04 Å². The van der Waals surface area contributed by atoms with Gasteiger partial charge >= 0.3 is 5.97 Å². The molecule has 0 aliphatic carbocycles. The number of hydrogen-bond acceptors (Lipinski definition) is 3. The lowest BCUT2D eigenvalue weighted by Gasteiger charge is -2.37. The zero-order chi connectivity index (χ0) is 9.19. The lowest BCUT2D eigenvalue weighted by molar-refractivity contribution is -0.147. The molecule has 1 heterocycles. The molecular formula is C9H18ClNO2. The van der Waals surface area contributed by atoms with Crippen molar-refractivity contribution < 1.29 is 9.53 Å². The fraction of sp³-hybridized carbons (Fsp3) is 0.889. The van der Waals surface area contributed by atoms with Crippen LogP contribution in [0, 0.1) is 5.41 Å². The average molecular weight is 208 g/mol. The van der Waals surface area contributed by atoms with Gasteiger partial charge in [0.15, 0.2) is 0 Å². The Morgan fingerprint density at radius 1 is 1.54 bits per heavy atom. The molecule has 0 bridgehead atoms. The molecule has 1 N–H and O–H groups in total. The molecule has 1 saturated heterocycles. The van der Waals surface area contributed by atoms with Crippen molar-refractivity contribution in [2.24, 2.45) is 5.41 Å². The molecule has 0 amide bonds. The van der Waals surface area contributed by atoms with Gasteiger partial charge in [-0.2, -0.15) is 0 Å². The van der Waals surface area contributed by atoms with E-state index in [4.69, 9.17) is 4.74 Å². The van der Waals surface area contributed by atoms with Crippen LogP contribution in [0.5, 0.6) is 0 Å². The van der Waals surface area contributed by atoms with Crippen LogP contribution in [0.4, 0.5) is 0 Å². The highest BCUT2D eigenvalue weighted by atomic mass is 35.5. The Morgan fingerprint density at radius 3 is 2.62 bits per heavy atom. The van der Waals surface area contributed by atoms with Crippen molar-refractivity contribution in [3.05, 3.63) is 0 Å². The van der Waals surface area contributed by atoms with E-state index in [2.05, 4.69) is 19.2 Å². The van der Waals surface area contributed by atoms with Gasteiger partial charge in [0, 0.05) is 0 Å². The van der Waals surface area contributed by atoms with Crippen LogP contribution < -0.4 is 5.32 Å². The summed E-state index contributed by atoms with van der Waals surface area (Å²) in [5, 5.41) is 3.19. The molecule has 1 rings (SSSR count). The summed E-state index contributed by atoms with van der Waals surface area (Å²) in [6.45, 7) is 5.12. The van der Waals surface area contributed by atoms with Crippen molar-refractivity contribution in [2.45, 2.75) is 32.7 Å². The topological polar surface area (TPSA) is 38.3 Å². The molecule has 1 aliphatic heterocycles. The van der Waals surface area contributed by atoms with E-state index in [9.17, 15) is 4.79 Å². The predicted octanol–water partition coefficient (Wildman–Crippen LogP) is 1.36. The predicted molar refractivity (Wildman–Crippen MR) is 54.1 cm³/mol. The van der Waals surface area contributed by atoms with Crippen molar-refractivity contribution in [3.63, 3.8) is 0 Å². The Hall–Kier alpha value is -0.280. The van der Waals surface area contributed by atoms with E-state index in [0.29, 0.717) is 0 Å². The van der Waals surface area contributed by atoms with Crippen molar-refractivity contribution in [1.82, 2.24) is 5.32 Å². The Kier molecular flexibility index (Phi) is 4.71. The number of esters is 1. The second-order valence-electron chi connectivity index (χ2n) is 4.00. The minimum atomic E-state index is -0.139. The standard InChI is InChI=1S/C9H17NO2.ClH/c1-9(2)5-4-6-10-7(9)8(11)12-3;/h7,10H,4-6H2,1-3H3;1H. The first-order valence-electron chi connectivity index (χ1n) is 4.39. The van der Waals surface area contributed by atoms with Gasteiger partial charge in [-0.25, -0.2) is 0 Å². The van der Waals surface area contributed by atoms with Gasteiger partial charge in [-0.05, 0) is 24.8 Å². The van der Waals surface area contributed by atoms with Gasteiger partial charge in [-0.3, -0.25) is 4.79 Å². The van der Waals surface area contributed by atoms with Crippen LogP contribution >= 0.6 is 12.4 Å². The highest BCUT2D eigenvalue weighted by Crippen LogP contribution is 2.30. The molecule has 1 atom stereocenters. The number of carbonyl (C=O) groups excluding carboxylic acids is 1. The minimum absolute atomic E-state index is 0. The molecule has 3 nitrogen and oxygen atoms in total. The third-order valence-corrected chi connectivity index (χ3v) is 2.56. The minimum Gasteiger partial charge on any atom is -0.468 e. The molecule has 4 heteroatoms. The van der Waals surface area contributed by atoms with Crippen LogP contribution in [0.1, 0.15) is 26.7 Å². The third kappa shape index (κ3) is 2.85. The first kappa shape index (κ1) is 12.7. The van der Waals surface area contributed by atoms with Crippen LogP contribution in [0.15, 0.2) is 0 Å². The van der Waals surface area contributed by atoms with Crippen molar-refractivity contribution in [2.75, 3.05) is 13.7 Å². The van der Waals surface area contributed by atoms with Gasteiger partial charge in [0.2, 0.25) is 0 Å². The van der Waals surface area contributed by atoms with Gasteiger partial charge in [-0.15, -0.1) is 12.4 Å². The molecule has 1 unspecified atom stereocenters. The lowest BCUT2D eigenvalue weighted by atomic mass is 9.77. The molecule has 0 spiro atoms. The van der Waals surface area contributed by atoms with Crippen LogP contribution in [0.2, 0.25) is 0 Å². The molecule has 1 fully saturated rings. The number of piperidine rings is 1. The van der Waals surface area contributed by atoms with Gasteiger partial charge in [0.05, 0.1) is 7.11 Å². The lowest BCUT2D eigenvalue weighted by Crippen LogP contribution is -2.52. The molecule has 78 valence electrons. The van der Waals surface area contributed by atoms with Crippen molar-refractivity contribution >= 4 is 18.4 Å². The number of rotatable bonds is 1. The number of carbonyl (C=O) groups is 1. The largest absolute Gasteiger partial charge is 0.468 e. The van der Waals surface area contributed by atoms with E-state index >= 15 is 0 Å². The number of ether oxygens (including phenoxy) is 1. The third-order valence-electron chi connectivity index (χ3n) is 2.56. The quantitative estimate of drug-likeness (QED) is 0.660. The smallest absolute Gasteiger partial charge is 0.323 e. The molecule has 0 aromatic carbocycles. The highest BCUT2D eigenvalue weighted by Gasteiger charge is 2.37. The van der Waals surface area contributed by atoms with E-state index < -0.39 is 0 Å². The van der Waals surface area contributed by atoms with Gasteiger partial charge in [0.25, 0.3) is 0 Å². The second kappa shape index (κ2) is 4.82. The number of hydrogen-bond donors (Lipinski definition) is 1. The van der Waals surface area contributed by atoms with Gasteiger partial charge in [-0.1, -0.05) is 13.8 Å². The van der Waals surface area contributed by atoms with E-state index in [1.807, 2.05) is 0 Å². The summed E-state index contributed by atoms with van der Waals surface area (Å²) in [7, 11) is 1.44. The monoisotopic (exact) mass is 207 g/mol. The van der Waals surface area contributed by atoms with Crippen molar-refractivity contribution in [1.29, 1.82) is 0 Å². The van der Waals surface area contributed by atoms with E-state index in [1.165, 1.54) is 7.11 Å². The molecular weight excluding hydrogens is 190 g/mol. The molecule has 0 aromatic rings. The Morgan fingerprint density at radius 2 is 2.15 bits per heavy atom. The van der Waals surface area contributed by atoms with E-state index in [1.54, 1.807) is 0 Å². The van der Waals surface area contributed by atoms with Crippen LogP contribution in [-0.2, 0) is 9.53 Å². The fourth-order valence-electron chi connectivity index (χ4n) is 1.73. The summed E-state index contributed by atoms with van der Waals surface area (Å²) >= 11 is 0. The number of nitrogens with one attached hydrogen (secondary N) is 1. The molecule has 0 radical (unpaired) electrons. The zero-order valence-electron chi connectivity index (χ0n) is 8.42. The first-order chi connectivity index (χ1) is 5.58. The number of methoxy groups -OCH3 is 1. The summed E-state index contributed by atoms with van der Waals surface area (Å²) in [5.41, 5.74) is 0.0331. The maximum Gasteiger partial charge on any atom is 0.323 e. The molecule has 0 aromatic heterocycles. The first-order valence-corrected chi connectivity index (χ1v) is 4.39. The average Bonchev–Trinajstić information content (AvgIpc) is 2.02. The summed E-state index contributed by atoms with van der Waals surface area (Å²) in [4.78, 5) is 11.3. The summed E-state index contributed by atoms with van der Waals surface area (Å²) in [6, 6.07) is -0.128. The Labute approximate surface area is 85.6 Å². The van der Waals surface area contributed by atoms with Crippen LogP contribution in [0.25, 0.3) is 0 Å². The van der Waals surface area contributed by atoms with Crippen LogP contribution in [-0.4, -0.2) is 25.7 Å². The molecule has 0 saturated carbocycles. The summed E-state index contributed by atoms with van der Waals surface area (Å²) in [5.74, 6) is -0.139. The van der Waals surface area contributed by atoms with E-state index in [0.717, 1.165) is 19.4 Å². The summed E-state index contributed by atoms with van der Waals surface area (Å²) in [6.07, 6.45) is 2.22. The highest BCUT2D eigenvalue weighted by molar-refractivity contribution is 5.85. The van der Waals surface area contributed by atoms with E-state index in [-0.39, 0.29) is 29.8 Å². The molecule has 13 heavy (non-hydrogen) atoms. The summed E-state index contributed by atoms with van der Waals surface area (Å²) < 4.78 is 4.72. The molecule has 1 aliphatic rings. The normalized spacial score (nSPS) is 25.9. The Balaban J connectivity index is 0.00000144. The number of halogens is 1. The van der Waals surface area contributed by atoms with Crippen molar-refractivity contribution in [3.8, 4) is 0 Å². The fourth-order valence-corrected chi connectivity index (χ4v) is 1.73. The maximum atomic E-state index is 11.3. The van der Waals surface area contributed by atoms with Crippen LogP contribution in [0.3, 0.4) is 0 Å². The maximum absolute atomic E-state index is 11.3. The second-order valence-corrected chi connectivity index (χ2v) is 4.00. The zero-order valence-corrected chi connectivity index (χ0v) is 9.24.